The van der Waals surface area contributed by atoms with Crippen LogP contribution in [0, 0.1) is 5.95 Å². The molecule has 2 heterocycles. The molecule has 0 radical (unpaired) electrons. The van der Waals surface area contributed by atoms with Crippen molar-refractivity contribution in [3.05, 3.63) is 60.6 Å². The third-order valence-electron chi connectivity index (χ3n) is 4.05. The molecule has 0 aliphatic rings. The SMILES string of the molecule is CC(=O)N(C)c1cnc(C(=O)Nc2cc(-c3ccc(F)nc3)ccc2N)cn1. The average molecular weight is 380 g/mol. The van der Waals surface area contributed by atoms with Gasteiger partial charge in [-0.25, -0.2) is 15.0 Å². The van der Waals surface area contributed by atoms with Gasteiger partial charge in [-0.3, -0.25) is 14.5 Å². The Hall–Kier alpha value is -3.88. The van der Waals surface area contributed by atoms with Crippen LogP contribution < -0.4 is 16.0 Å². The molecule has 0 bridgehead atoms. The molecule has 0 spiro atoms. The minimum absolute atomic E-state index is 0.0638. The lowest BCUT2D eigenvalue weighted by Gasteiger charge is -2.13. The van der Waals surface area contributed by atoms with Crippen molar-refractivity contribution in [2.24, 2.45) is 0 Å². The minimum atomic E-state index is -0.579. The van der Waals surface area contributed by atoms with Gasteiger partial charge in [0.2, 0.25) is 11.9 Å². The molecule has 0 unspecified atom stereocenters. The standard InChI is InChI=1S/C19H17FN6O2/c1-11(27)26(2)18-10-22-16(9-24-18)19(28)25-15-7-12(3-5-14(15)21)13-4-6-17(20)23-8-13/h3-10H,21H2,1-2H3,(H,25,28). The van der Waals surface area contributed by atoms with E-state index in [-0.39, 0.29) is 11.6 Å². The van der Waals surface area contributed by atoms with E-state index in [0.717, 1.165) is 0 Å². The van der Waals surface area contributed by atoms with Crippen LogP contribution in [0.1, 0.15) is 17.4 Å². The summed E-state index contributed by atoms with van der Waals surface area (Å²) in [6.45, 7) is 1.40. The van der Waals surface area contributed by atoms with Crippen LogP contribution in [0.2, 0.25) is 0 Å². The lowest BCUT2D eigenvalue weighted by molar-refractivity contribution is -0.116. The summed E-state index contributed by atoms with van der Waals surface area (Å²) in [6.07, 6.45) is 4.00. The smallest absolute Gasteiger partial charge is 0.275 e. The molecule has 2 aromatic heterocycles. The fourth-order valence-electron chi connectivity index (χ4n) is 2.35. The van der Waals surface area contributed by atoms with Crippen LogP contribution in [0.15, 0.2) is 48.9 Å². The molecule has 3 aromatic rings. The number of amides is 2. The highest BCUT2D eigenvalue weighted by Crippen LogP contribution is 2.27. The second kappa shape index (κ2) is 7.78. The number of nitrogens with zero attached hydrogens (tertiary/aromatic N) is 4. The fourth-order valence-corrected chi connectivity index (χ4v) is 2.35. The predicted molar refractivity (Wildman–Crippen MR) is 103 cm³/mol. The van der Waals surface area contributed by atoms with Gasteiger partial charge in [-0.05, 0) is 29.8 Å². The summed E-state index contributed by atoms with van der Waals surface area (Å²) in [5.41, 5.74) is 8.12. The van der Waals surface area contributed by atoms with E-state index in [9.17, 15) is 14.0 Å². The first kappa shape index (κ1) is 18.9. The number of aromatic nitrogens is 3. The Balaban J connectivity index is 1.81. The summed E-state index contributed by atoms with van der Waals surface area (Å²) in [4.78, 5) is 36.8. The van der Waals surface area contributed by atoms with Crippen LogP contribution in [-0.4, -0.2) is 33.8 Å². The quantitative estimate of drug-likeness (QED) is 0.531. The number of nitrogen functional groups attached to an aromatic ring is 1. The maximum Gasteiger partial charge on any atom is 0.275 e. The van der Waals surface area contributed by atoms with Gasteiger partial charge >= 0.3 is 0 Å². The monoisotopic (exact) mass is 380 g/mol. The minimum Gasteiger partial charge on any atom is -0.397 e. The molecule has 8 nitrogen and oxygen atoms in total. The van der Waals surface area contributed by atoms with Gasteiger partial charge in [0.05, 0.1) is 23.8 Å². The predicted octanol–water partition coefficient (Wildman–Crippen LogP) is 2.49. The number of carbonyl (C=O) groups is 2. The first-order valence-corrected chi connectivity index (χ1v) is 8.24. The van der Waals surface area contributed by atoms with Gasteiger partial charge < -0.3 is 11.1 Å². The van der Waals surface area contributed by atoms with Gasteiger partial charge in [0.25, 0.3) is 5.91 Å². The molecule has 0 aliphatic heterocycles. The third kappa shape index (κ3) is 4.09. The van der Waals surface area contributed by atoms with Gasteiger partial charge in [-0.2, -0.15) is 4.39 Å². The maximum absolute atomic E-state index is 13.0. The number of nitrogens with one attached hydrogen (secondary N) is 1. The summed E-state index contributed by atoms with van der Waals surface area (Å²) >= 11 is 0. The number of rotatable bonds is 4. The Kier molecular flexibility index (Phi) is 5.25. The fraction of sp³-hybridized carbons (Fsp3) is 0.105. The van der Waals surface area contributed by atoms with E-state index in [1.54, 1.807) is 31.3 Å². The van der Waals surface area contributed by atoms with Gasteiger partial charge in [0.1, 0.15) is 5.69 Å². The van der Waals surface area contributed by atoms with Crippen LogP contribution >= 0.6 is 0 Å². The molecule has 0 saturated carbocycles. The number of carbonyl (C=O) groups excluding carboxylic acids is 2. The van der Waals surface area contributed by atoms with Crippen molar-refractivity contribution in [3.8, 4) is 11.1 Å². The molecule has 3 N–H and O–H groups in total. The second-order valence-corrected chi connectivity index (χ2v) is 5.96. The molecular formula is C19H17FN6O2. The second-order valence-electron chi connectivity index (χ2n) is 5.96. The molecule has 0 atom stereocenters. The molecule has 9 heteroatoms. The number of halogens is 1. The number of pyridine rings is 1. The van der Waals surface area contributed by atoms with Crippen LogP contribution in [0.4, 0.5) is 21.6 Å². The van der Waals surface area contributed by atoms with Gasteiger partial charge in [0.15, 0.2) is 5.82 Å². The largest absolute Gasteiger partial charge is 0.397 e. The number of hydrogen-bond acceptors (Lipinski definition) is 6. The topological polar surface area (TPSA) is 114 Å². The highest BCUT2D eigenvalue weighted by Gasteiger charge is 2.13. The molecule has 3 rings (SSSR count). The van der Waals surface area contributed by atoms with Crippen molar-refractivity contribution >= 4 is 29.0 Å². The van der Waals surface area contributed by atoms with E-state index in [1.165, 1.54) is 36.5 Å². The van der Waals surface area contributed by atoms with Gasteiger partial charge in [-0.15, -0.1) is 0 Å². The van der Waals surface area contributed by atoms with Crippen LogP contribution in [0.5, 0.6) is 0 Å². The van der Waals surface area contributed by atoms with Crippen LogP contribution in [-0.2, 0) is 4.79 Å². The van der Waals surface area contributed by atoms with Crippen molar-refractivity contribution in [2.45, 2.75) is 6.92 Å². The van der Waals surface area contributed by atoms with Crippen molar-refractivity contribution in [3.63, 3.8) is 0 Å². The Morgan fingerprint density at radius 2 is 1.79 bits per heavy atom. The zero-order chi connectivity index (χ0) is 20.3. The van der Waals surface area contributed by atoms with Gasteiger partial charge in [-0.1, -0.05) is 6.07 Å². The average Bonchev–Trinajstić information content (AvgIpc) is 2.69. The first-order valence-electron chi connectivity index (χ1n) is 8.24. The normalized spacial score (nSPS) is 10.4. The van der Waals surface area contributed by atoms with Crippen molar-refractivity contribution in [2.75, 3.05) is 23.0 Å². The van der Waals surface area contributed by atoms with Crippen molar-refractivity contribution < 1.29 is 14.0 Å². The molecule has 0 saturated heterocycles. The Bertz CT molecular complexity index is 1020. The van der Waals surface area contributed by atoms with E-state index in [1.807, 2.05) is 0 Å². The summed E-state index contributed by atoms with van der Waals surface area (Å²) in [5, 5.41) is 2.68. The Morgan fingerprint density at radius 3 is 2.39 bits per heavy atom. The van der Waals surface area contributed by atoms with E-state index in [4.69, 9.17) is 5.73 Å². The van der Waals surface area contributed by atoms with Crippen LogP contribution in [0.25, 0.3) is 11.1 Å². The number of benzene rings is 1. The number of nitrogens with two attached hydrogens (primary N) is 1. The zero-order valence-electron chi connectivity index (χ0n) is 15.2. The highest BCUT2D eigenvalue weighted by atomic mass is 19.1. The molecule has 2 amide bonds. The molecular weight excluding hydrogens is 363 g/mol. The van der Waals surface area contributed by atoms with Crippen molar-refractivity contribution in [1.82, 2.24) is 15.0 Å². The van der Waals surface area contributed by atoms with E-state index >= 15 is 0 Å². The summed E-state index contributed by atoms with van der Waals surface area (Å²) < 4.78 is 13.0. The molecule has 1 aromatic carbocycles. The molecule has 0 aliphatic carbocycles. The Labute approximate surface area is 160 Å². The zero-order valence-corrected chi connectivity index (χ0v) is 15.2. The molecule has 0 fully saturated rings. The molecule has 28 heavy (non-hydrogen) atoms. The highest BCUT2D eigenvalue weighted by molar-refractivity contribution is 6.04. The number of anilines is 3. The van der Waals surface area contributed by atoms with E-state index < -0.39 is 11.9 Å². The number of hydrogen-bond donors (Lipinski definition) is 2. The third-order valence-corrected chi connectivity index (χ3v) is 4.05. The summed E-state index contributed by atoms with van der Waals surface area (Å²) in [7, 11) is 1.56. The van der Waals surface area contributed by atoms with Crippen LogP contribution in [0.3, 0.4) is 0 Å². The van der Waals surface area contributed by atoms with E-state index in [0.29, 0.717) is 28.3 Å². The summed E-state index contributed by atoms with van der Waals surface area (Å²) in [5.74, 6) is -0.962. The van der Waals surface area contributed by atoms with E-state index in [2.05, 4.69) is 20.3 Å². The summed E-state index contributed by atoms with van der Waals surface area (Å²) in [6, 6.07) is 7.86. The first-order chi connectivity index (χ1) is 13.3. The molecule has 142 valence electrons. The lowest BCUT2D eigenvalue weighted by Crippen LogP contribution is -2.24. The Morgan fingerprint density at radius 1 is 1.04 bits per heavy atom. The van der Waals surface area contributed by atoms with Gasteiger partial charge in [0, 0.05) is 25.7 Å². The lowest BCUT2D eigenvalue weighted by atomic mass is 10.1. The maximum atomic E-state index is 13.0. The van der Waals surface area contributed by atoms with Crippen molar-refractivity contribution in [1.29, 1.82) is 0 Å².